The van der Waals surface area contributed by atoms with Gasteiger partial charge in [0, 0.05) is 19.6 Å². The predicted octanol–water partition coefficient (Wildman–Crippen LogP) is 0.367. The van der Waals surface area contributed by atoms with Crippen molar-refractivity contribution < 1.29 is 18.1 Å². The zero-order valence-electron chi connectivity index (χ0n) is 9.65. The molecule has 2 rings (SSSR count). The van der Waals surface area contributed by atoms with Crippen LogP contribution in [-0.4, -0.2) is 48.4 Å². The molecule has 17 heavy (non-hydrogen) atoms. The Morgan fingerprint density at radius 3 is 2.18 bits per heavy atom. The molecule has 1 aromatic carbocycles. The minimum absolute atomic E-state index is 0.0892. The van der Waals surface area contributed by atoms with Crippen LogP contribution in [0.3, 0.4) is 0 Å². The Bertz CT molecular complexity index is 418. The molecule has 0 amide bonds. The molecule has 0 spiro atoms. The molecular weight excluding hydrogens is 242 g/mol. The predicted molar refractivity (Wildman–Crippen MR) is 65.2 cm³/mol. The summed E-state index contributed by atoms with van der Waals surface area (Å²) in [5.41, 5.74) is 1.32. The summed E-state index contributed by atoms with van der Waals surface area (Å²) >= 11 is 0. The molecule has 5 nitrogen and oxygen atoms in total. The van der Waals surface area contributed by atoms with Crippen molar-refractivity contribution in [2.24, 2.45) is 0 Å². The Balaban J connectivity index is 0.000000249. The fraction of sp³-hybridized carbons (Fsp3) is 0.455. The average molecular weight is 259 g/mol. The van der Waals surface area contributed by atoms with Gasteiger partial charge in [-0.3, -0.25) is 9.45 Å². The quantitative estimate of drug-likeness (QED) is 0.750. The van der Waals surface area contributed by atoms with Crippen molar-refractivity contribution in [3.63, 3.8) is 0 Å². The van der Waals surface area contributed by atoms with Crippen molar-refractivity contribution >= 4 is 10.1 Å². The molecule has 1 fully saturated rings. The maximum Gasteiger partial charge on any atom is 0.261 e. The van der Waals surface area contributed by atoms with Gasteiger partial charge in [-0.1, -0.05) is 30.3 Å². The molecule has 0 saturated carbocycles. The first-order valence-corrected chi connectivity index (χ1v) is 7.06. The minimum Gasteiger partial charge on any atom is -0.390 e. The van der Waals surface area contributed by atoms with Gasteiger partial charge in [0.2, 0.25) is 0 Å². The molecule has 0 unspecified atom stereocenters. The van der Waals surface area contributed by atoms with Crippen LogP contribution >= 0.6 is 0 Å². The first-order valence-electron chi connectivity index (χ1n) is 5.21. The zero-order chi connectivity index (χ0) is 12.9. The fourth-order valence-electron chi connectivity index (χ4n) is 1.51. The molecule has 1 aromatic rings. The van der Waals surface area contributed by atoms with E-state index in [2.05, 4.69) is 17.0 Å². The van der Waals surface area contributed by atoms with Crippen LogP contribution in [0.15, 0.2) is 30.3 Å². The number of rotatable bonds is 2. The van der Waals surface area contributed by atoms with Gasteiger partial charge in [0.15, 0.2) is 0 Å². The Morgan fingerprint density at radius 1 is 1.29 bits per heavy atom. The molecule has 0 aliphatic carbocycles. The normalized spacial score (nSPS) is 16.9. The second-order valence-electron chi connectivity index (χ2n) is 4.07. The summed E-state index contributed by atoms with van der Waals surface area (Å²) in [6.45, 7) is 2.63. The third-order valence-electron chi connectivity index (χ3n) is 2.19. The molecule has 96 valence electrons. The highest BCUT2D eigenvalue weighted by Gasteiger charge is 2.23. The summed E-state index contributed by atoms with van der Waals surface area (Å²) in [5.74, 6) is 0. The van der Waals surface area contributed by atoms with Crippen LogP contribution < -0.4 is 0 Å². The van der Waals surface area contributed by atoms with Crippen LogP contribution in [0.25, 0.3) is 0 Å². The second-order valence-corrected chi connectivity index (χ2v) is 5.53. The van der Waals surface area contributed by atoms with Crippen LogP contribution in [0.5, 0.6) is 0 Å². The molecule has 6 heteroatoms. The Hall–Kier alpha value is -0.950. The Morgan fingerprint density at radius 2 is 1.76 bits per heavy atom. The van der Waals surface area contributed by atoms with E-state index in [4.69, 9.17) is 9.66 Å². The molecular formula is C11H17NO4S. The summed E-state index contributed by atoms with van der Waals surface area (Å²) < 4.78 is 25.9. The zero-order valence-corrected chi connectivity index (χ0v) is 10.5. The molecule has 1 heterocycles. The lowest BCUT2D eigenvalue weighted by Gasteiger charge is -2.35. The van der Waals surface area contributed by atoms with Gasteiger partial charge in [-0.25, -0.2) is 0 Å². The van der Waals surface area contributed by atoms with E-state index in [-0.39, 0.29) is 6.10 Å². The number of aliphatic hydroxyl groups excluding tert-OH is 1. The van der Waals surface area contributed by atoms with Gasteiger partial charge in [-0.2, -0.15) is 8.42 Å². The number of β-amino-alcohol motifs (C(OH)–C–C–N with tert-alkyl or cyclic N) is 1. The second kappa shape index (κ2) is 6.11. The number of aliphatic hydroxyl groups is 1. The van der Waals surface area contributed by atoms with Gasteiger partial charge >= 0.3 is 0 Å². The molecule has 1 aliphatic heterocycles. The van der Waals surface area contributed by atoms with E-state index in [1.165, 1.54) is 5.56 Å². The fourth-order valence-corrected chi connectivity index (χ4v) is 1.51. The van der Waals surface area contributed by atoms with Crippen molar-refractivity contribution in [1.29, 1.82) is 0 Å². The van der Waals surface area contributed by atoms with Crippen LogP contribution in [0.1, 0.15) is 5.56 Å². The first-order chi connectivity index (χ1) is 7.84. The van der Waals surface area contributed by atoms with Gasteiger partial charge in [-0.15, -0.1) is 0 Å². The van der Waals surface area contributed by atoms with E-state index in [1.807, 2.05) is 18.2 Å². The van der Waals surface area contributed by atoms with Crippen LogP contribution in [-0.2, 0) is 16.7 Å². The molecule has 1 saturated heterocycles. The van der Waals surface area contributed by atoms with Gasteiger partial charge < -0.3 is 5.11 Å². The lowest BCUT2D eigenvalue weighted by Crippen LogP contribution is -2.49. The highest BCUT2D eigenvalue weighted by atomic mass is 32.2. The summed E-state index contributed by atoms with van der Waals surface area (Å²) in [6.07, 6.45) is 0.626. The molecule has 2 N–H and O–H groups in total. The van der Waals surface area contributed by atoms with E-state index < -0.39 is 10.1 Å². The molecule has 1 aliphatic rings. The number of likely N-dealkylation sites (tertiary alicyclic amines) is 1. The highest BCUT2D eigenvalue weighted by molar-refractivity contribution is 7.85. The van der Waals surface area contributed by atoms with Crippen molar-refractivity contribution in [3.05, 3.63) is 35.9 Å². The number of hydrogen-bond donors (Lipinski definition) is 2. The van der Waals surface area contributed by atoms with Gasteiger partial charge in [0.05, 0.1) is 12.4 Å². The Kier molecular flexibility index (Phi) is 5.07. The molecule has 0 bridgehead atoms. The monoisotopic (exact) mass is 259 g/mol. The number of nitrogens with zero attached hydrogens (tertiary/aromatic N) is 1. The van der Waals surface area contributed by atoms with Crippen LogP contribution in [0.4, 0.5) is 0 Å². The van der Waals surface area contributed by atoms with Crippen molar-refractivity contribution in [2.45, 2.75) is 12.6 Å². The SMILES string of the molecule is CS(=O)(=O)O.OC1CN(Cc2ccccc2)C1. The standard InChI is InChI=1S/C10H13NO.CH4O3S/c12-10-7-11(8-10)6-9-4-2-1-3-5-9;1-5(2,3)4/h1-5,10,12H,6-8H2;1H3,(H,2,3,4). The topological polar surface area (TPSA) is 77.8 Å². The number of hydrogen-bond acceptors (Lipinski definition) is 4. The van der Waals surface area contributed by atoms with Gasteiger partial charge in [0.25, 0.3) is 10.1 Å². The third-order valence-corrected chi connectivity index (χ3v) is 2.19. The average Bonchev–Trinajstić information content (AvgIpc) is 2.14. The summed E-state index contributed by atoms with van der Waals surface area (Å²) in [7, 11) is -3.67. The highest BCUT2D eigenvalue weighted by Crippen LogP contribution is 2.12. The van der Waals surface area contributed by atoms with E-state index >= 15 is 0 Å². The lowest BCUT2D eigenvalue weighted by molar-refractivity contribution is -0.00286. The molecule has 0 radical (unpaired) electrons. The summed E-state index contributed by atoms with van der Waals surface area (Å²) in [4.78, 5) is 2.24. The van der Waals surface area contributed by atoms with Crippen molar-refractivity contribution in [3.8, 4) is 0 Å². The number of benzene rings is 1. The van der Waals surface area contributed by atoms with Crippen LogP contribution in [0, 0.1) is 0 Å². The van der Waals surface area contributed by atoms with Crippen molar-refractivity contribution in [2.75, 3.05) is 19.3 Å². The first kappa shape index (κ1) is 14.1. The maximum absolute atomic E-state index is 9.19. The molecule has 0 atom stereocenters. The maximum atomic E-state index is 9.19. The van der Waals surface area contributed by atoms with Crippen molar-refractivity contribution in [1.82, 2.24) is 4.90 Å². The van der Waals surface area contributed by atoms with Crippen LogP contribution in [0.2, 0.25) is 0 Å². The smallest absolute Gasteiger partial charge is 0.261 e. The molecule has 0 aromatic heterocycles. The Labute approximate surface area is 101 Å². The van der Waals surface area contributed by atoms with E-state index in [0.29, 0.717) is 6.26 Å². The van der Waals surface area contributed by atoms with E-state index in [1.54, 1.807) is 0 Å². The summed E-state index contributed by atoms with van der Waals surface area (Å²) in [5, 5.41) is 9.05. The minimum atomic E-state index is -3.67. The van der Waals surface area contributed by atoms with E-state index in [9.17, 15) is 8.42 Å². The largest absolute Gasteiger partial charge is 0.390 e. The summed E-state index contributed by atoms with van der Waals surface area (Å²) in [6, 6.07) is 10.3. The third kappa shape index (κ3) is 7.06. The van der Waals surface area contributed by atoms with E-state index in [0.717, 1.165) is 19.6 Å². The lowest BCUT2D eigenvalue weighted by atomic mass is 10.1. The van der Waals surface area contributed by atoms with Gasteiger partial charge in [0.1, 0.15) is 0 Å². The van der Waals surface area contributed by atoms with Gasteiger partial charge in [-0.05, 0) is 5.56 Å².